The van der Waals surface area contributed by atoms with Crippen molar-refractivity contribution in [3.05, 3.63) is 0 Å². The molecule has 2 aliphatic carbocycles. The van der Waals surface area contributed by atoms with E-state index in [9.17, 15) is 0 Å². The van der Waals surface area contributed by atoms with Crippen molar-refractivity contribution in [1.82, 2.24) is 4.90 Å². The fraction of sp³-hybridized carbons (Fsp3) is 1.00. The van der Waals surface area contributed by atoms with Crippen molar-refractivity contribution in [3.8, 4) is 0 Å². The summed E-state index contributed by atoms with van der Waals surface area (Å²) >= 11 is 0. The van der Waals surface area contributed by atoms with Gasteiger partial charge in [0.1, 0.15) is 0 Å². The molecule has 82 valence electrons. The van der Waals surface area contributed by atoms with Crippen LogP contribution in [0.15, 0.2) is 0 Å². The molecule has 0 spiro atoms. The van der Waals surface area contributed by atoms with Crippen molar-refractivity contribution >= 4 is 0 Å². The maximum absolute atomic E-state index is 5.68. The van der Waals surface area contributed by atoms with Crippen LogP contribution in [0.3, 0.4) is 0 Å². The van der Waals surface area contributed by atoms with E-state index in [1.165, 1.54) is 51.5 Å². The van der Waals surface area contributed by atoms with Crippen molar-refractivity contribution in [2.75, 3.05) is 19.6 Å². The molecule has 0 heterocycles. The standard InChI is InChI=1S/C12H24N2/c13-8-9-14(12-6-3-7-12)10-11-4-1-2-5-11/h11-12H,1-10,13H2. The smallest absolute Gasteiger partial charge is 0.0108 e. The molecule has 2 nitrogen and oxygen atoms in total. The van der Waals surface area contributed by atoms with E-state index >= 15 is 0 Å². The van der Waals surface area contributed by atoms with Crippen LogP contribution in [-0.4, -0.2) is 30.6 Å². The van der Waals surface area contributed by atoms with E-state index in [-0.39, 0.29) is 0 Å². The van der Waals surface area contributed by atoms with Gasteiger partial charge in [-0.2, -0.15) is 0 Å². The third kappa shape index (κ3) is 2.48. The number of nitrogens with two attached hydrogens (primary N) is 1. The highest BCUT2D eigenvalue weighted by Gasteiger charge is 2.27. The van der Waals surface area contributed by atoms with Gasteiger partial charge in [0, 0.05) is 25.7 Å². The molecule has 2 saturated carbocycles. The molecular formula is C12H24N2. The lowest BCUT2D eigenvalue weighted by atomic mass is 9.90. The van der Waals surface area contributed by atoms with Gasteiger partial charge in [-0.1, -0.05) is 19.3 Å². The minimum absolute atomic E-state index is 0.837. The first-order valence-corrected chi connectivity index (χ1v) is 6.34. The summed E-state index contributed by atoms with van der Waals surface area (Å²) in [5.41, 5.74) is 5.68. The van der Waals surface area contributed by atoms with E-state index in [0.29, 0.717) is 0 Å². The molecular weight excluding hydrogens is 172 g/mol. The van der Waals surface area contributed by atoms with Gasteiger partial charge in [-0.15, -0.1) is 0 Å². The van der Waals surface area contributed by atoms with Crippen LogP contribution in [0, 0.1) is 5.92 Å². The minimum Gasteiger partial charge on any atom is -0.329 e. The van der Waals surface area contributed by atoms with Gasteiger partial charge in [0.05, 0.1) is 0 Å². The van der Waals surface area contributed by atoms with E-state index in [0.717, 1.165) is 25.0 Å². The van der Waals surface area contributed by atoms with Crippen LogP contribution < -0.4 is 5.73 Å². The van der Waals surface area contributed by atoms with Gasteiger partial charge in [-0.3, -0.25) is 4.90 Å². The summed E-state index contributed by atoms with van der Waals surface area (Å²) in [5.74, 6) is 0.988. The van der Waals surface area contributed by atoms with Crippen molar-refractivity contribution in [2.24, 2.45) is 11.7 Å². The lowest BCUT2D eigenvalue weighted by Gasteiger charge is -2.38. The summed E-state index contributed by atoms with van der Waals surface area (Å²) in [6.45, 7) is 3.30. The maximum Gasteiger partial charge on any atom is 0.0108 e. The molecule has 2 rings (SSSR count). The molecule has 0 bridgehead atoms. The summed E-state index contributed by atoms with van der Waals surface area (Å²) in [4.78, 5) is 2.67. The predicted molar refractivity (Wildman–Crippen MR) is 60.2 cm³/mol. The predicted octanol–water partition coefficient (Wildman–Crippen LogP) is 1.99. The van der Waals surface area contributed by atoms with E-state index in [2.05, 4.69) is 4.90 Å². The average Bonchev–Trinajstić information content (AvgIpc) is 2.54. The largest absolute Gasteiger partial charge is 0.329 e. The monoisotopic (exact) mass is 196 g/mol. The SMILES string of the molecule is NCCN(CC1CCCC1)C1CCC1. The number of rotatable bonds is 5. The first-order chi connectivity index (χ1) is 6.90. The van der Waals surface area contributed by atoms with E-state index in [1.807, 2.05) is 0 Å². The Balaban J connectivity index is 1.76. The molecule has 0 aliphatic heterocycles. The normalized spacial score (nSPS) is 24.4. The number of nitrogens with zero attached hydrogens (tertiary/aromatic N) is 1. The molecule has 0 atom stereocenters. The summed E-state index contributed by atoms with van der Waals surface area (Å²) in [5, 5.41) is 0. The molecule has 2 N–H and O–H groups in total. The highest BCUT2D eigenvalue weighted by Crippen LogP contribution is 2.30. The molecule has 0 unspecified atom stereocenters. The van der Waals surface area contributed by atoms with Gasteiger partial charge in [-0.25, -0.2) is 0 Å². The van der Waals surface area contributed by atoms with E-state index in [4.69, 9.17) is 5.73 Å². The lowest BCUT2D eigenvalue weighted by molar-refractivity contribution is 0.111. The average molecular weight is 196 g/mol. The van der Waals surface area contributed by atoms with Crippen LogP contribution in [0.5, 0.6) is 0 Å². The fourth-order valence-corrected chi connectivity index (χ4v) is 2.87. The Morgan fingerprint density at radius 1 is 1.00 bits per heavy atom. The van der Waals surface area contributed by atoms with Crippen LogP contribution in [0.1, 0.15) is 44.9 Å². The third-order valence-electron chi connectivity index (χ3n) is 3.97. The van der Waals surface area contributed by atoms with Crippen molar-refractivity contribution in [1.29, 1.82) is 0 Å². The zero-order valence-corrected chi connectivity index (χ0v) is 9.25. The second-order valence-corrected chi connectivity index (χ2v) is 5.02. The van der Waals surface area contributed by atoms with Crippen LogP contribution >= 0.6 is 0 Å². The highest BCUT2D eigenvalue weighted by atomic mass is 15.2. The Kier molecular flexibility index (Phi) is 3.82. The molecule has 2 aliphatic rings. The van der Waals surface area contributed by atoms with Gasteiger partial charge in [0.25, 0.3) is 0 Å². The Morgan fingerprint density at radius 2 is 1.71 bits per heavy atom. The first-order valence-electron chi connectivity index (χ1n) is 6.34. The Labute approximate surface area is 87.8 Å². The first kappa shape index (κ1) is 10.4. The summed E-state index contributed by atoms with van der Waals surface area (Å²) < 4.78 is 0. The van der Waals surface area contributed by atoms with Gasteiger partial charge < -0.3 is 5.73 Å². The van der Waals surface area contributed by atoms with Crippen molar-refractivity contribution < 1.29 is 0 Å². The Morgan fingerprint density at radius 3 is 2.21 bits per heavy atom. The second-order valence-electron chi connectivity index (χ2n) is 5.02. The Hall–Kier alpha value is -0.0800. The summed E-state index contributed by atoms with van der Waals surface area (Å²) in [6, 6.07) is 0.888. The molecule has 0 radical (unpaired) electrons. The van der Waals surface area contributed by atoms with Crippen LogP contribution in [0.4, 0.5) is 0 Å². The maximum atomic E-state index is 5.68. The third-order valence-corrected chi connectivity index (χ3v) is 3.97. The zero-order valence-electron chi connectivity index (χ0n) is 9.25. The topological polar surface area (TPSA) is 29.3 Å². The van der Waals surface area contributed by atoms with Crippen molar-refractivity contribution in [3.63, 3.8) is 0 Å². The Bertz CT molecular complexity index is 160. The quantitative estimate of drug-likeness (QED) is 0.728. The summed E-state index contributed by atoms with van der Waals surface area (Å²) in [6.07, 6.45) is 10.1. The number of hydrogen-bond donors (Lipinski definition) is 1. The second kappa shape index (κ2) is 5.13. The molecule has 0 aromatic rings. The van der Waals surface area contributed by atoms with Gasteiger partial charge in [-0.05, 0) is 31.6 Å². The van der Waals surface area contributed by atoms with E-state index < -0.39 is 0 Å². The van der Waals surface area contributed by atoms with Crippen LogP contribution in [0.25, 0.3) is 0 Å². The highest BCUT2D eigenvalue weighted by molar-refractivity contribution is 4.82. The minimum atomic E-state index is 0.837. The van der Waals surface area contributed by atoms with Gasteiger partial charge in [0.2, 0.25) is 0 Å². The lowest BCUT2D eigenvalue weighted by Crippen LogP contribution is -2.44. The molecule has 0 amide bonds. The van der Waals surface area contributed by atoms with Crippen LogP contribution in [0.2, 0.25) is 0 Å². The van der Waals surface area contributed by atoms with E-state index in [1.54, 1.807) is 0 Å². The fourth-order valence-electron chi connectivity index (χ4n) is 2.87. The van der Waals surface area contributed by atoms with Crippen LogP contribution in [-0.2, 0) is 0 Å². The molecule has 0 aromatic heterocycles. The number of hydrogen-bond acceptors (Lipinski definition) is 2. The molecule has 2 heteroatoms. The molecule has 2 fully saturated rings. The van der Waals surface area contributed by atoms with Crippen molar-refractivity contribution in [2.45, 2.75) is 51.0 Å². The summed E-state index contributed by atoms with van der Waals surface area (Å²) in [7, 11) is 0. The zero-order chi connectivity index (χ0) is 9.80. The molecule has 14 heavy (non-hydrogen) atoms. The van der Waals surface area contributed by atoms with Gasteiger partial charge in [0.15, 0.2) is 0 Å². The van der Waals surface area contributed by atoms with Gasteiger partial charge >= 0.3 is 0 Å². The molecule has 0 saturated heterocycles. The molecule has 0 aromatic carbocycles.